The summed E-state index contributed by atoms with van der Waals surface area (Å²) in [5.74, 6) is 2.08. The van der Waals surface area contributed by atoms with Gasteiger partial charge in [0.25, 0.3) is 0 Å². The monoisotopic (exact) mass is 268 g/mol. The third-order valence-corrected chi connectivity index (χ3v) is 4.63. The molecule has 0 saturated heterocycles. The fraction of sp³-hybridized carbons (Fsp3) is 0.500. The van der Waals surface area contributed by atoms with Gasteiger partial charge in [0.1, 0.15) is 5.82 Å². The molecule has 2 aromatic rings. The highest BCUT2D eigenvalue weighted by molar-refractivity contribution is 5.67. The number of fused-ring (bicyclic) bond motifs is 1. The van der Waals surface area contributed by atoms with Crippen molar-refractivity contribution in [2.75, 3.05) is 11.9 Å². The van der Waals surface area contributed by atoms with Gasteiger partial charge in [0, 0.05) is 23.8 Å². The fourth-order valence-corrected chi connectivity index (χ4v) is 3.60. The van der Waals surface area contributed by atoms with Gasteiger partial charge in [-0.05, 0) is 37.8 Å². The molecule has 0 unspecified atom stereocenters. The number of aromatic nitrogens is 3. The Kier molecular flexibility index (Phi) is 2.76. The molecule has 1 aromatic heterocycles. The first-order valence-electron chi connectivity index (χ1n) is 7.61. The van der Waals surface area contributed by atoms with Gasteiger partial charge < -0.3 is 9.88 Å². The molecule has 1 aliphatic carbocycles. The van der Waals surface area contributed by atoms with Crippen LogP contribution in [0.1, 0.15) is 43.1 Å². The van der Waals surface area contributed by atoms with Gasteiger partial charge in [-0.15, -0.1) is 10.2 Å². The van der Waals surface area contributed by atoms with E-state index in [1.54, 1.807) is 0 Å². The van der Waals surface area contributed by atoms with E-state index in [0.29, 0.717) is 6.04 Å². The van der Waals surface area contributed by atoms with Gasteiger partial charge in [0.05, 0.1) is 0 Å². The quantitative estimate of drug-likeness (QED) is 0.908. The zero-order valence-corrected chi connectivity index (χ0v) is 11.9. The van der Waals surface area contributed by atoms with E-state index in [-0.39, 0.29) is 0 Å². The summed E-state index contributed by atoms with van der Waals surface area (Å²) in [6, 6.07) is 7.24. The van der Waals surface area contributed by atoms with Gasteiger partial charge >= 0.3 is 0 Å². The number of nitrogens with zero attached hydrogens (tertiary/aromatic N) is 3. The van der Waals surface area contributed by atoms with Crippen LogP contribution in [0.2, 0.25) is 0 Å². The van der Waals surface area contributed by atoms with E-state index in [4.69, 9.17) is 0 Å². The van der Waals surface area contributed by atoms with Crippen LogP contribution in [0.4, 0.5) is 5.69 Å². The van der Waals surface area contributed by atoms with Crippen LogP contribution in [0.15, 0.2) is 18.2 Å². The van der Waals surface area contributed by atoms with Crippen LogP contribution in [0.5, 0.6) is 0 Å². The lowest BCUT2D eigenvalue weighted by Gasteiger charge is -2.16. The molecule has 4 rings (SSSR count). The number of aryl methyl sites for hydroxylation is 1. The minimum Gasteiger partial charge on any atom is -0.384 e. The molecule has 0 amide bonds. The lowest BCUT2D eigenvalue weighted by Crippen LogP contribution is -2.08. The molecule has 4 heteroatoms. The van der Waals surface area contributed by atoms with Crippen molar-refractivity contribution < 1.29 is 0 Å². The second-order valence-corrected chi connectivity index (χ2v) is 5.93. The first-order chi connectivity index (χ1) is 9.83. The molecule has 20 heavy (non-hydrogen) atoms. The Morgan fingerprint density at radius 1 is 1.20 bits per heavy atom. The van der Waals surface area contributed by atoms with Crippen molar-refractivity contribution in [1.82, 2.24) is 14.8 Å². The molecule has 0 spiro atoms. The molecule has 0 atom stereocenters. The van der Waals surface area contributed by atoms with E-state index in [1.807, 2.05) is 0 Å². The third-order valence-electron chi connectivity index (χ3n) is 4.63. The predicted molar refractivity (Wildman–Crippen MR) is 79.9 cm³/mol. The van der Waals surface area contributed by atoms with E-state index in [9.17, 15) is 0 Å². The smallest absolute Gasteiger partial charge is 0.164 e. The van der Waals surface area contributed by atoms with Crippen molar-refractivity contribution in [1.29, 1.82) is 0 Å². The largest absolute Gasteiger partial charge is 0.384 e. The molecule has 0 radical (unpaired) electrons. The molecule has 1 fully saturated rings. The van der Waals surface area contributed by atoms with Crippen LogP contribution < -0.4 is 5.32 Å². The maximum Gasteiger partial charge on any atom is 0.164 e. The first kappa shape index (κ1) is 11.9. The topological polar surface area (TPSA) is 42.7 Å². The number of benzene rings is 1. The van der Waals surface area contributed by atoms with Crippen molar-refractivity contribution in [2.45, 2.75) is 45.1 Å². The number of rotatable bonds is 2. The van der Waals surface area contributed by atoms with Crippen LogP contribution in [0, 0.1) is 6.92 Å². The molecular formula is C16H20N4. The van der Waals surface area contributed by atoms with E-state index in [1.165, 1.54) is 42.5 Å². The van der Waals surface area contributed by atoms with Crippen LogP contribution in [-0.4, -0.2) is 21.3 Å². The fourth-order valence-electron chi connectivity index (χ4n) is 3.60. The average Bonchev–Trinajstić information content (AvgIpc) is 3.17. The number of anilines is 1. The summed E-state index contributed by atoms with van der Waals surface area (Å²) >= 11 is 0. The van der Waals surface area contributed by atoms with Crippen LogP contribution >= 0.6 is 0 Å². The minimum absolute atomic E-state index is 0.584. The van der Waals surface area contributed by atoms with Crippen molar-refractivity contribution in [3.63, 3.8) is 0 Å². The predicted octanol–water partition coefficient (Wildman–Crippen LogP) is 3.34. The Morgan fingerprint density at radius 2 is 2.05 bits per heavy atom. The average molecular weight is 268 g/mol. The Labute approximate surface area is 119 Å². The molecule has 1 N–H and O–H groups in total. The lowest BCUT2D eigenvalue weighted by molar-refractivity contribution is 0.510. The van der Waals surface area contributed by atoms with Gasteiger partial charge in [-0.2, -0.15) is 0 Å². The van der Waals surface area contributed by atoms with E-state index in [0.717, 1.165) is 24.6 Å². The van der Waals surface area contributed by atoms with Crippen molar-refractivity contribution in [2.24, 2.45) is 0 Å². The van der Waals surface area contributed by atoms with E-state index < -0.39 is 0 Å². The summed E-state index contributed by atoms with van der Waals surface area (Å²) in [6.07, 6.45) is 6.30. The molecule has 1 saturated carbocycles. The van der Waals surface area contributed by atoms with Gasteiger partial charge in [-0.25, -0.2) is 0 Å². The second-order valence-electron chi connectivity index (χ2n) is 5.93. The molecule has 2 aliphatic rings. The molecule has 1 aromatic carbocycles. The number of nitrogens with one attached hydrogen (secondary N) is 1. The standard InChI is InChI=1S/C16H20N4/c1-11-18-19-16(20(11)14-4-2-3-5-14)13-7-6-12-8-9-17-15(12)10-13/h6-7,10,14,17H,2-5,8-9H2,1H3. The van der Waals surface area contributed by atoms with Crippen LogP contribution in [-0.2, 0) is 6.42 Å². The van der Waals surface area contributed by atoms with Crippen molar-refractivity contribution >= 4 is 5.69 Å². The second kappa shape index (κ2) is 4.62. The maximum atomic E-state index is 4.44. The van der Waals surface area contributed by atoms with Gasteiger partial charge in [-0.3, -0.25) is 0 Å². The van der Waals surface area contributed by atoms with Gasteiger partial charge in [-0.1, -0.05) is 25.0 Å². The maximum absolute atomic E-state index is 4.44. The molecular weight excluding hydrogens is 248 g/mol. The van der Waals surface area contributed by atoms with E-state index >= 15 is 0 Å². The third kappa shape index (κ3) is 1.82. The summed E-state index contributed by atoms with van der Waals surface area (Å²) in [6.45, 7) is 3.12. The number of hydrogen-bond donors (Lipinski definition) is 1. The highest BCUT2D eigenvalue weighted by Crippen LogP contribution is 2.35. The van der Waals surface area contributed by atoms with Crippen LogP contribution in [0.25, 0.3) is 11.4 Å². The zero-order valence-electron chi connectivity index (χ0n) is 11.9. The van der Waals surface area contributed by atoms with Gasteiger partial charge in [0.15, 0.2) is 5.82 Å². The Hall–Kier alpha value is -1.84. The SMILES string of the molecule is Cc1nnc(-c2ccc3c(c2)NCC3)n1C1CCCC1. The van der Waals surface area contributed by atoms with Gasteiger partial charge in [0.2, 0.25) is 0 Å². The molecule has 2 heterocycles. The van der Waals surface area contributed by atoms with Crippen molar-refractivity contribution in [3.05, 3.63) is 29.6 Å². The highest BCUT2D eigenvalue weighted by atomic mass is 15.3. The summed E-state index contributed by atoms with van der Waals surface area (Å²) in [4.78, 5) is 0. The molecule has 0 bridgehead atoms. The minimum atomic E-state index is 0.584. The lowest BCUT2D eigenvalue weighted by atomic mass is 10.1. The summed E-state index contributed by atoms with van der Waals surface area (Å²) in [7, 11) is 0. The summed E-state index contributed by atoms with van der Waals surface area (Å²) in [5.41, 5.74) is 3.86. The Bertz CT molecular complexity index is 638. The number of hydrogen-bond acceptors (Lipinski definition) is 3. The highest BCUT2D eigenvalue weighted by Gasteiger charge is 2.23. The molecule has 4 nitrogen and oxygen atoms in total. The van der Waals surface area contributed by atoms with Crippen LogP contribution in [0.3, 0.4) is 0 Å². The normalized spacial score (nSPS) is 18.2. The Balaban J connectivity index is 1.78. The first-order valence-corrected chi connectivity index (χ1v) is 7.61. The zero-order chi connectivity index (χ0) is 13.5. The molecule has 104 valence electrons. The van der Waals surface area contributed by atoms with E-state index in [2.05, 4.69) is 45.2 Å². The summed E-state index contributed by atoms with van der Waals surface area (Å²) in [5, 5.41) is 12.2. The van der Waals surface area contributed by atoms with Crippen molar-refractivity contribution in [3.8, 4) is 11.4 Å². The Morgan fingerprint density at radius 3 is 2.90 bits per heavy atom. The molecule has 1 aliphatic heterocycles. The summed E-state index contributed by atoms with van der Waals surface area (Å²) < 4.78 is 2.35.